The van der Waals surface area contributed by atoms with E-state index < -0.39 is 0 Å². The summed E-state index contributed by atoms with van der Waals surface area (Å²) in [5, 5.41) is 1.27. The number of rotatable bonds is 2. The van der Waals surface area contributed by atoms with E-state index in [4.69, 9.17) is 18.9 Å². The average molecular weight is 425 g/mol. The summed E-state index contributed by atoms with van der Waals surface area (Å²) in [4.78, 5) is 7.63. The van der Waals surface area contributed by atoms with E-state index in [2.05, 4.69) is 13.0 Å². The molecule has 1 atom stereocenters. The van der Waals surface area contributed by atoms with E-state index >= 15 is 0 Å². The predicted molar refractivity (Wildman–Crippen MR) is 110 cm³/mol. The molecule has 4 aromatic rings. The van der Waals surface area contributed by atoms with Crippen molar-refractivity contribution in [3.8, 4) is 34.1 Å². The van der Waals surface area contributed by atoms with E-state index in [9.17, 15) is 0 Å². The van der Waals surface area contributed by atoms with Crippen molar-refractivity contribution in [2.45, 2.75) is 26.2 Å². The van der Waals surface area contributed by atoms with E-state index in [1.165, 1.54) is 22.2 Å². The number of aromatic nitrogens is 1. The van der Waals surface area contributed by atoms with Crippen LogP contribution in [0.15, 0.2) is 47.1 Å². The van der Waals surface area contributed by atoms with Gasteiger partial charge in [-0.25, -0.2) is 4.98 Å². The number of benzene rings is 1. The third-order valence-electron chi connectivity index (χ3n) is 5.72. The van der Waals surface area contributed by atoms with Gasteiger partial charge < -0.3 is 26.3 Å². The monoisotopic (exact) mass is 424 g/mol. The number of fused-ring (bicyclic) bond motifs is 4. The van der Waals surface area contributed by atoms with Crippen molar-refractivity contribution < 1.29 is 26.3 Å². The fourth-order valence-electron chi connectivity index (χ4n) is 4.27. The Kier molecular flexibility index (Phi) is 4.52. The highest BCUT2D eigenvalue weighted by atomic mass is 35.5. The number of ether oxygens (including phenoxy) is 2. The summed E-state index contributed by atoms with van der Waals surface area (Å²) in [5.41, 5.74) is 4.56. The number of aryl methyl sites for hydroxylation is 1. The van der Waals surface area contributed by atoms with Gasteiger partial charge in [0, 0.05) is 21.4 Å². The molecule has 6 heteroatoms. The van der Waals surface area contributed by atoms with Gasteiger partial charge in [-0.2, -0.15) is 0 Å². The summed E-state index contributed by atoms with van der Waals surface area (Å²) >= 11 is 1.84. The summed E-state index contributed by atoms with van der Waals surface area (Å²) in [7, 11) is 0. The maximum Gasteiger partial charge on any atom is 0.231 e. The smallest absolute Gasteiger partial charge is 0.231 e. The van der Waals surface area contributed by atoms with Gasteiger partial charge in [0.1, 0.15) is 10.6 Å². The molecule has 0 bridgehead atoms. The molecule has 0 saturated carbocycles. The zero-order valence-corrected chi connectivity index (χ0v) is 17.5. The molecule has 2 aliphatic rings. The molecule has 1 aromatic carbocycles. The van der Waals surface area contributed by atoms with Crippen LogP contribution in [0.2, 0.25) is 0 Å². The standard InChI is InChI=1S/C23H19NO3S.ClH/c1-13-4-6-15-21(9-13)28-23-22(15)16(18-3-2-8-25-18)11-17(24-23)14-5-7-19-20(10-14)27-12-26-19;/h2-3,5,7-8,10-11,13H,4,6,9,12H2,1H3;1H/p-1. The van der Waals surface area contributed by atoms with Crippen LogP contribution in [0, 0.1) is 5.92 Å². The number of furan rings is 1. The second-order valence-corrected chi connectivity index (χ2v) is 8.72. The van der Waals surface area contributed by atoms with Crippen LogP contribution in [0.5, 0.6) is 11.5 Å². The molecular weight excluding hydrogens is 406 g/mol. The molecule has 0 N–H and O–H groups in total. The summed E-state index contributed by atoms with van der Waals surface area (Å²) in [6.45, 7) is 2.62. The highest BCUT2D eigenvalue weighted by Crippen LogP contribution is 2.44. The molecular formula is C23H19ClNO3S-. The molecule has 0 saturated heterocycles. The lowest BCUT2D eigenvalue weighted by Crippen LogP contribution is -3.00. The van der Waals surface area contributed by atoms with E-state index in [-0.39, 0.29) is 19.2 Å². The Bertz CT molecular complexity index is 1200. The van der Waals surface area contributed by atoms with Gasteiger partial charge in [0.15, 0.2) is 11.5 Å². The maximum absolute atomic E-state index is 5.81. The van der Waals surface area contributed by atoms with E-state index in [1.54, 1.807) is 6.26 Å². The molecule has 0 amide bonds. The van der Waals surface area contributed by atoms with Crippen molar-refractivity contribution in [1.82, 2.24) is 4.98 Å². The minimum Gasteiger partial charge on any atom is -1.00 e. The number of hydrogen-bond donors (Lipinski definition) is 0. The molecule has 0 radical (unpaired) electrons. The molecule has 4 nitrogen and oxygen atoms in total. The highest BCUT2D eigenvalue weighted by Gasteiger charge is 2.25. The number of nitrogens with zero attached hydrogens (tertiary/aromatic N) is 1. The topological polar surface area (TPSA) is 44.5 Å². The van der Waals surface area contributed by atoms with Gasteiger partial charge in [-0.05, 0) is 67.1 Å². The quantitative estimate of drug-likeness (QED) is 0.496. The first kappa shape index (κ1) is 18.5. The minimum atomic E-state index is 0. The van der Waals surface area contributed by atoms with Gasteiger partial charge in [-0.15, -0.1) is 11.3 Å². The lowest BCUT2D eigenvalue weighted by molar-refractivity contribution is -0.00000750. The van der Waals surface area contributed by atoms with Crippen LogP contribution in [-0.2, 0) is 12.8 Å². The third kappa shape index (κ3) is 3.00. The summed E-state index contributed by atoms with van der Waals surface area (Å²) < 4.78 is 16.8. The lowest BCUT2D eigenvalue weighted by Gasteiger charge is -2.18. The second-order valence-electron chi connectivity index (χ2n) is 7.63. The molecule has 4 heterocycles. The molecule has 0 fully saturated rings. The Labute approximate surface area is 178 Å². The molecule has 6 rings (SSSR count). The first-order chi connectivity index (χ1) is 13.8. The molecule has 0 spiro atoms. The van der Waals surface area contributed by atoms with Crippen molar-refractivity contribution >= 4 is 21.6 Å². The summed E-state index contributed by atoms with van der Waals surface area (Å²) in [6.07, 6.45) is 5.24. The van der Waals surface area contributed by atoms with Gasteiger partial charge in [0.05, 0.1) is 12.0 Å². The van der Waals surface area contributed by atoms with Gasteiger partial charge in [0.2, 0.25) is 6.79 Å². The number of hydrogen-bond acceptors (Lipinski definition) is 5. The molecule has 29 heavy (non-hydrogen) atoms. The highest BCUT2D eigenvalue weighted by molar-refractivity contribution is 7.19. The molecule has 1 unspecified atom stereocenters. The van der Waals surface area contributed by atoms with Gasteiger partial charge >= 0.3 is 0 Å². The van der Waals surface area contributed by atoms with Crippen LogP contribution >= 0.6 is 11.3 Å². The third-order valence-corrected chi connectivity index (χ3v) is 6.87. The predicted octanol–water partition coefficient (Wildman–Crippen LogP) is 3.08. The Morgan fingerprint density at radius 1 is 1.10 bits per heavy atom. The molecule has 1 aliphatic heterocycles. The van der Waals surface area contributed by atoms with Crippen molar-refractivity contribution in [1.29, 1.82) is 0 Å². The minimum absolute atomic E-state index is 0. The second kappa shape index (κ2) is 7.08. The number of thiophene rings is 1. The maximum atomic E-state index is 5.81. The zero-order valence-electron chi connectivity index (χ0n) is 15.9. The van der Waals surface area contributed by atoms with Crippen LogP contribution in [0.25, 0.3) is 32.8 Å². The fourth-order valence-corrected chi connectivity index (χ4v) is 5.68. The SMILES string of the molecule is CC1CCc2c(sc3nc(-c4ccc5c(c4)OCO5)cc(-c4ccco4)c23)C1.[Cl-]. The Morgan fingerprint density at radius 3 is 2.86 bits per heavy atom. The Hall–Kier alpha value is -2.50. The summed E-state index contributed by atoms with van der Waals surface area (Å²) in [5.74, 6) is 3.20. The zero-order chi connectivity index (χ0) is 18.7. The number of pyridine rings is 1. The van der Waals surface area contributed by atoms with Crippen molar-refractivity contribution in [3.05, 3.63) is 53.1 Å². The van der Waals surface area contributed by atoms with Crippen LogP contribution in [0.1, 0.15) is 23.8 Å². The van der Waals surface area contributed by atoms with Crippen molar-refractivity contribution in [2.75, 3.05) is 6.79 Å². The van der Waals surface area contributed by atoms with Crippen molar-refractivity contribution in [3.63, 3.8) is 0 Å². The normalized spacial score (nSPS) is 17.2. The summed E-state index contributed by atoms with van der Waals surface area (Å²) in [6, 6.07) is 12.2. The van der Waals surface area contributed by atoms with Crippen LogP contribution in [0.4, 0.5) is 0 Å². The number of halogens is 1. The molecule has 148 valence electrons. The fraction of sp³-hybridized carbons (Fsp3) is 0.261. The van der Waals surface area contributed by atoms with Crippen LogP contribution in [-0.4, -0.2) is 11.8 Å². The average Bonchev–Trinajstić information content (AvgIpc) is 3.44. The van der Waals surface area contributed by atoms with Crippen LogP contribution in [0.3, 0.4) is 0 Å². The van der Waals surface area contributed by atoms with Gasteiger partial charge in [0.25, 0.3) is 0 Å². The molecule has 1 aliphatic carbocycles. The first-order valence-electron chi connectivity index (χ1n) is 9.65. The van der Waals surface area contributed by atoms with Gasteiger partial charge in [-0.1, -0.05) is 6.92 Å². The van der Waals surface area contributed by atoms with Crippen LogP contribution < -0.4 is 21.9 Å². The van der Waals surface area contributed by atoms with E-state index in [0.717, 1.165) is 57.7 Å². The first-order valence-corrected chi connectivity index (χ1v) is 10.5. The Balaban J connectivity index is 0.00000181. The van der Waals surface area contributed by atoms with Crippen molar-refractivity contribution in [2.24, 2.45) is 5.92 Å². The lowest BCUT2D eigenvalue weighted by atomic mass is 9.88. The Morgan fingerprint density at radius 2 is 2.00 bits per heavy atom. The van der Waals surface area contributed by atoms with E-state index in [1.807, 2.05) is 41.7 Å². The molecule has 3 aromatic heterocycles. The van der Waals surface area contributed by atoms with E-state index in [0.29, 0.717) is 0 Å². The largest absolute Gasteiger partial charge is 1.00 e. The van der Waals surface area contributed by atoms with Gasteiger partial charge in [-0.3, -0.25) is 0 Å².